The zero-order chi connectivity index (χ0) is 20.0. The lowest BCUT2D eigenvalue weighted by Gasteiger charge is -2.18. The molecule has 1 amide bonds. The Labute approximate surface area is 165 Å². The number of thioether (sulfide) groups is 1. The van der Waals surface area contributed by atoms with Crippen LogP contribution in [0.4, 0.5) is 0 Å². The Balaban J connectivity index is 1.88. The molecule has 0 aliphatic rings. The molecule has 2 aromatic carbocycles. The van der Waals surface area contributed by atoms with E-state index in [1.165, 1.54) is 22.6 Å². The van der Waals surface area contributed by atoms with Crippen molar-refractivity contribution in [3.63, 3.8) is 0 Å². The zero-order valence-corrected chi connectivity index (χ0v) is 17.4. The lowest BCUT2D eigenvalue weighted by Crippen LogP contribution is -3.08. The van der Waals surface area contributed by atoms with E-state index < -0.39 is 10.0 Å². The number of carbonyl (C=O) groups excluding carboxylic acids is 1. The number of sulfonamides is 1. The average Bonchev–Trinajstić information content (AvgIpc) is 2.61. The first-order chi connectivity index (χ1) is 12.7. The predicted molar refractivity (Wildman–Crippen MR) is 108 cm³/mol. The summed E-state index contributed by atoms with van der Waals surface area (Å²) in [5, 5.41) is 8.04. The molecule has 0 saturated carbocycles. The third-order valence-corrected chi connectivity index (χ3v) is 5.89. The van der Waals surface area contributed by atoms with Crippen LogP contribution in [0.15, 0.2) is 58.3 Å². The van der Waals surface area contributed by atoms with Crippen LogP contribution in [0.2, 0.25) is 0 Å². The summed E-state index contributed by atoms with van der Waals surface area (Å²) >= 11 is 1.70. The van der Waals surface area contributed by atoms with Crippen LogP contribution in [0.3, 0.4) is 0 Å². The molecule has 2 aromatic rings. The first kappa shape index (κ1) is 21.4. The van der Waals surface area contributed by atoms with Crippen molar-refractivity contribution in [2.75, 3.05) is 19.8 Å². The lowest BCUT2D eigenvalue weighted by molar-refractivity contribution is -0.885. The van der Waals surface area contributed by atoms with Crippen molar-refractivity contribution >= 4 is 27.7 Å². The van der Waals surface area contributed by atoms with E-state index in [1.807, 2.05) is 20.2 Å². The zero-order valence-electron chi connectivity index (χ0n) is 15.7. The second-order valence-electron chi connectivity index (χ2n) is 6.56. The Bertz CT molecular complexity index is 866. The first-order valence-electron chi connectivity index (χ1n) is 8.55. The molecule has 0 spiro atoms. The molecule has 6 nitrogen and oxygen atoms in total. The molecule has 2 rings (SSSR count). The van der Waals surface area contributed by atoms with Gasteiger partial charge in [0.25, 0.3) is 5.91 Å². The summed E-state index contributed by atoms with van der Waals surface area (Å²) in [7, 11) is -1.73. The molecule has 2 atom stereocenters. The summed E-state index contributed by atoms with van der Waals surface area (Å²) < 4.78 is 22.6. The number of carbonyl (C=O) groups is 1. The van der Waals surface area contributed by atoms with E-state index >= 15 is 0 Å². The van der Waals surface area contributed by atoms with E-state index in [2.05, 4.69) is 29.6 Å². The van der Waals surface area contributed by atoms with Crippen molar-refractivity contribution in [1.29, 1.82) is 0 Å². The largest absolute Gasteiger partial charge is 0.345 e. The molecule has 1 unspecified atom stereocenters. The van der Waals surface area contributed by atoms with E-state index in [9.17, 15) is 13.2 Å². The number of quaternary nitrogens is 1. The van der Waals surface area contributed by atoms with Crippen LogP contribution in [0, 0.1) is 0 Å². The number of nitrogens with one attached hydrogen (secondary N) is 2. The monoisotopic (exact) mass is 408 g/mol. The van der Waals surface area contributed by atoms with E-state index in [0.717, 1.165) is 17.0 Å². The van der Waals surface area contributed by atoms with Gasteiger partial charge in [-0.15, -0.1) is 11.8 Å². The Morgan fingerprint density at radius 2 is 1.74 bits per heavy atom. The Morgan fingerprint density at radius 1 is 1.15 bits per heavy atom. The van der Waals surface area contributed by atoms with Gasteiger partial charge in [-0.05, 0) is 43.0 Å². The second-order valence-corrected chi connectivity index (χ2v) is 9.00. The van der Waals surface area contributed by atoms with Crippen molar-refractivity contribution in [3.05, 3.63) is 59.7 Å². The predicted octanol–water partition coefficient (Wildman–Crippen LogP) is 0.948. The van der Waals surface area contributed by atoms with E-state index in [-0.39, 0.29) is 16.8 Å². The SMILES string of the molecule is CSc1ccc(C[NH+](C)CC(=O)N[C@H](C)c2ccc(S(N)(=O)=O)cc2)cc1. The maximum atomic E-state index is 12.3. The van der Waals surface area contributed by atoms with Crippen LogP contribution in [0.25, 0.3) is 0 Å². The van der Waals surface area contributed by atoms with Gasteiger partial charge in [0.2, 0.25) is 10.0 Å². The van der Waals surface area contributed by atoms with E-state index in [0.29, 0.717) is 6.54 Å². The summed E-state index contributed by atoms with van der Waals surface area (Å²) in [5.41, 5.74) is 2.01. The van der Waals surface area contributed by atoms with Crippen LogP contribution in [-0.4, -0.2) is 34.2 Å². The average molecular weight is 409 g/mol. The van der Waals surface area contributed by atoms with Gasteiger partial charge in [-0.2, -0.15) is 0 Å². The molecule has 0 radical (unpaired) electrons. The number of primary sulfonamides is 1. The second kappa shape index (κ2) is 9.36. The van der Waals surface area contributed by atoms with Crippen LogP contribution in [-0.2, 0) is 21.4 Å². The quantitative estimate of drug-likeness (QED) is 0.567. The molecular formula is C19H26N3O3S2+. The van der Waals surface area contributed by atoms with Gasteiger partial charge in [-0.25, -0.2) is 13.6 Å². The molecule has 0 aliphatic carbocycles. The normalized spacial score (nSPS) is 13.8. The maximum Gasteiger partial charge on any atom is 0.275 e. The molecule has 0 saturated heterocycles. The maximum absolute atomic E-state index is 12.3. The van der Waals surface area contributed by atoms with E-state index in [1.54, 1.807) is 23.9 Å². The summed E-state index contributed by atoms with van der Waals surface area (Å²) in [6, 6.07) is 14.3. The van der Waals surface area contributed by atoms with Crippen molar-refractivity contribution in [3.8, 4) is 0 Å². The molecular weight excluding hydrogens is 382 g/mol. The Kier molecular flexibility index (Phi) is 7.43. The van der Waals surface area contributed by atoms with Crippen LogP contribution >= 0.6 is 11.8 Å². The van der Waals surface area contributed by atoms with Gasteiger partial charge < -0.3 is 10.2 Å². The van der Waals surface area contributed by atoms with Gasteiger partial charge in [-0.3, -0.25) is 4.79 Å². The fraction of sp³-hybridized carbons (Fsp3) is 0.316. The number of rotatable bonds is 8. The van der Waals surface area contributed by atoms with Crippen molar-refractivity contribution < 1.29 is 18.1 Å². The smallest absolute Gasteiger partial charge is 0.275 e. The molecule has 8 heteroatoms. The highest BCUT2D eigenvalue weighted by Gasteiger charge is 2.15. The minimum atomic E-state index is -3.71. The number of hydrogen-bond acceptors (Lipinski definition) is 4. The highest BCUT2D eigenvalue weighted by Crippen LogP contribution is 2.15. The summed E-state index contributed by atoms with van der Waals surface area (Å²) in [5.74, 6) is -0.0590. The molecule has 0 bridgehead atoms. The molecule has 27 heavy (non-hydrogen) atoms. The number of likely N-dealkylation sites (N-methyl/N-ethyl adjacent to an activating group) is 1. The van der Waals surface area contributed by atoms with Crippen molar-refractivity contribution in [2.24, 2.45) is 5.14 Å². The Hall–Kier alpha value is -1.87. The lowest BCUT2D eigenvalue weighted by atomic mass is 10.1. The van der Waals surface area contributed by atoms with E-state index in [4.69, 9.17) is 5.14 Å². The fourth-order valence-corrected chi connectivity index (χ4v) is 3.67. The van der Waals surface area contributed by atoms with Gasteiger partial charge in [0.15, 0.2) is 6.54 Å². The molecule has 0 heterocycles. The minimum absolute atomic E-state index is 0.0569. The molecule has 4 N–H and O–H groups in total. The van der Waals surface area contributed by atoms with Gasteiger partial charge in [-0.1, -0.05) is 24.3 Å². The van der Waals surface area contributed by atoms with Gasteiger partial charge in [0.1, 0.15) is 6.54 Å². The number of nitrogens with two attached hydrogens (primary N) is 1. The van der Waals surface area contributed by atoms with Gasteiger partial charge in [0.05, 0.1) is 18.0 Å². The van der Waals surface area contributed by atoms with Crippen molar-refractivity contribution in [1.82, 2.24) is 5.32 Å². The van der Waals surface area contributed by atoms with Crippen LogP contribution in [0.1, 0.15) is 24.1 Å². The molecule has 0 aromatic heterocycles. The van der Waals surface area contributed by atoms with Gasteiger partial charge >= 0.3 is 0 Å². The van der Waals surface area contributed by atoms with Crippen LogP contribution in [0.5, 0.6) is 0 Å². The van der Waals surface area contributed by atoms with Gasteiger partial charge in [0, 0.05) is 10.5 Å². The standard InChI is InChI=1S/C19H25N3O3S2/c1-14(16-6-10-18(11-7-16)27(20,24)25)21-19(23)13-22(2)12-15-4-8-17(26-3)9-5-15/h4-11,14H,12-13H2,1-3H3,(H,21,23)(H2,20,24,25)/p+1/t14-/m1/s1. The fourth-order valence-electron chi connectivity index (χ4n) is 2.75. The molecule has 146 valence electrons. The Morgan fingerprint density at radius 3 is 2.26 bits per heavy atom. The topological polar surface area (TPSA) is 93.7 Å². The number of hydrogen-bond donors (Lipinski definition) is 3. The van der Waals surface area contributed by atoms with Crippen molar-refractivity contribution in [2.45, 2.75) is 29.3 Å². The number of benzene rings is 2. The highest BCUT2D eigenvalue weighted by atomic mass is 32.2. The summed E-state index contributed by atoms with van der Waals surface area (Å²) in [6.45, 7) is 2.98. The highest BCUT2D eigenvalue weighted by molar-refractivity contribution is 7.98. The number of amides is 1. The minimum Gasteiger partial charge on any atom is -0.345 e. The summed E-state index contributed by atoms with van der Waals surface area (Å²) in [6.07, 6.45) is 2.04. The third kappa shape index (κ3) is 6.66. The molecule has 0 fully saturated rings. The first-order valence-corrected chi connectivity index (χ1v) is 11.3. The third-order valence-electron chi connectivity index (χ3n) is 4.21. The van der Waals surface area contributed by atoms with Crippen LogP contribution < -0.4 is 15.4 Å². The summed E-state index contributed by atoms with van der Waals surface area (Å²) in [4.78, 5) is 14.7. The molecule has 0 aliphatic heterocycles.